The number of fused-ring (bicyclic) bond motifs is 9. The van der Waals surface area contributed by atoms with Gasteiger partial charge in [0.05, 0.1) is 11.0 Å². The molecule has 0 saturated heterocycles. The maximum Gasteiger partial charge on any atom is 0.0541 e. The molecule has 1 aromatic heterocycles. The number of nitrogens with zero attached hydrogens (tertiary/aromatic N) is 2. The maximum absolute atomic E-state index is 2.45. The van der Waals surface area contributed by atoms with Crippen LogP contribution < -0.4 is 4.90 Å². The van der Waals surface area contributed by atoms with Crippen molar-refractivity contribution in [2.45, 2.75) is 38.5 Å². The Kier molecular flexibility index (Phi) is 7.96. The van der Waals surface area contributed by atoms with Crippen LogP contribution in [0, 0.1) is 0 Å². The average molecular weight is 795 g/mol. The minimum atomic E-state index is -0.100. The Labute approximate surface area is 364 Å². The molecule has 0 aliphatic heterocycles. The van der Waals surface area contributed by atoms with Crippen LogP contribution in [0.4, 0.5) is 17.1 Å². The number of hydrogen-bond acceptors (Lipinski definition) is 1. The molecule has 296 valence electrons. The molecule has 62 heavy (non-hydrogen) atoms. The Balaban J connectivity index is 1.04. The smallest absolute Gasteiger partial charge is 0.0541 e. The summed E-state index contributed by atoms with van der Waals surface area (Å²) in [5, 5.41) is 2.53. The highest BCUT2D eigenvalue weighted by molar-refractivity contribution is 6.09. The van der Waals surface area contributed by atoms with E-state index >= 15 is 0 Å². The summed E-state index contributed by atoms with van der Waals surface area (Å²) in [6.07, 6.45) is 0. The van der Waals surface area contributed by atoms with Crippen molar-refractivity contribution in [3.05, 3.63) is 229 Å². The molecule has 12 rings (SSSR count). The lowest BCUT2D eigenvalue weighted by Gasteiger charge is -2.27. The van der Waals surface area contributed by atoms with E-state index in [9.17, 15) is 0 Å². The van der Waals surface area contributed by atoms with Crippen LogP contribution in [0.25, 0.3) is 72.0 Å². The summed E-state index contributed by atoms with van der Waals surface area (Å²) >= 11 is 0. The van der Waals surface area contributed by atoms with E-state index in [2.05, 4.69) is 243 Å². The standard InChI is InChI=1S/C60H46N2/c1-59(2)53-22-12-8-18-47(53)49-32-26-39(37-55(49)59)41-34-42(40-27-33-50-48-19-9-13-23-54(48)60(3,4)56(50)38-40)36-46(35-41)61(43-16-6-5-7-17-43)44-28-30-45(31-29-44)62-57-24-14-10-20-51(57)52-21-11-15-25-58(52)62/h5-38H,1-4H3. The lowest BCUT2D eigenvalue weighted by atomic mass is 9.81. The molecule has 0 saturated carbocycles. The summed E-state index contributed by atoms with van der Waals surface area (Å²) in [6.45, 7) is 9.48. The lowest BCUT2D eigenvalue weighted by Crippen LogP contribution is -2.15. The molecule has 9 aromatic carbocycles. The van der Waals surface area contributed by atoms with Crippen molar-refractivity contribution >= 4 is 38.9 Å². The predicted octanol–water partition coefficient (Wildman–Crippen LogP) is 16.2. The van der Waals surface area contributed by atoms with Gasteiger partial charge in [-0.25, -0.2) is 0 Å². The normalized spacial score (nSPS) is 14.1. The first-order chi connectivity index (χ1) is 30.3. The third-order valence-electron chi connectivity index (χ3n) is 14.0. The number of para-hydroxylation sites is 3. The van der Waals surface area contributed by atoms with E-state index in [1.807, 2.05) is 0 Å². The van der Waals surface area contributed by atoms with Crippen molar-refractivity contribution in [2.24, 2.45) is 0 Å². The molecule has 2 aliphatic carbocycles. The molecule has 0 unspecified atom stereocenters. The Bertz CT molecular complexity index is 3220. The van der Waals surface area contributed by atoms with Crippen molar-refractivity contribution in [3.8, 4) is 50.2 Å². The van der Waals surface area contributed by atoms with Crippen molar-refractivity contribution in [1.29, 1.82) is 0 Å². The van der Waals surface area contributed by atoms with E-state index < -0.39 is 0 Å². The largest absolute Gasteiger partial charge is 0.310 e. The van der Waals surface area contributed by atoms with Gasteiger partial charge in [-0.05, 0) is 146 Å². The van der Waals surface area contributed by atoms with E-state index in [4.69, 9.17) is 0 Å². The van der Waals surface area contributed by atoms with Gasteiger partial charge in [-0.2, -0.15) is 0 Å². The van der Waals surface area contributed by atoms with Gasteiger partial charge < -0.3 is 9.47 Å². The Morgan fingerprint density at radius 2 is 0.758 bits per heavy atom. The summed E-state index contributed by atoms with van der Waals surface area (Å²) < 4.78 is 2.39. The zero-order chi connectivity index (χ0) is 41.7. The zero-order valence-corrected chi connectivity index (χ0v) is 35.5. The van der Waals surface area contributed by atoms with Gasteiger partial charge in [0.25, 0.3) is 0 Å². The minimum absolute atomic E-state index is 0.100. The first kappa shape index (κ1) is 36.4. The topological polar surface area (TPSA) is 8.17 Å². The molecule has 10 aromatic rings. The predicted molar refractivity (Wildman–Crippen MR) is 261 cm³/mol. The van der Waals surface area contributed by atoms with E-state index in [-0.39, 0.29) is 10.8 Å². The summed E-state index contributed by atoms with van der Waals surface area (Å²) in [4.78, 5) is 2.42. The minimum Gasteiger partial charge on any atom is -0.310 e. The second-order valence-electron chi connectivity index (χ2n) is 18.2. The second-order valence-corrected chi connectivity index (χ2v) is 18.2. The fourth-order valence-corrected chi connectivity index (χ4v) is 10.8. The second kappa shape index (κ2) is 13.5. The number of anilines is 3. The molecule has 1 heterocycles. The van der Waals surface area contributed by atoms with Crippen LogP contribution in [0.5, 0.6) is 0 Å². The maximum atomic E-state index is 2.45. The van der Waals surface area contributed by atoms with E-state index in [0.29, 0.717) is 0 Å². The molecule has 2 heteroatoms. The molecule has 2 nitrogen and oxygen atoms in total. The fourth-order valence-electron chi connectivity index (χ4n) is 10.8. The molecular formula is C60H46N2. The van der Waals surface area contributed by atoms with Gasteiger partial charge in [0.15, 0.2) is 0 Å². The quantitative estimate of drug-likeness (QED) is 0.163. The Morgan fingerprint density at radius 1 is 0.323 bits per heavy atom. The highest BCUT2D eigenvalue weighted by Gasteiger charge is 2.36. The van der Waals surface area contributed by atoms with Gasteiger partial charge in [-0.3, -0.25) is 0 Å². The van der Waals surface area contributed by atoms with E-state index in [0.717, 1.165) is 22.7 Å². The monoisotopic (exact) mass is 794 g/mol. The van der Waals surface area contributed by atoms with E-state index in [1.54, 1.807) is 0 Å². The molecule has 0 bridgehead atoms. The van der Waals surface area contributed by atoms with Gasteiger partial charge in [0.2, 0.25) is 0 Å². The molecular weight excluding hydrogens is 749 g/mol. The van der Waals surface area contributed by atoms with Crippen LogP contribution in [-0.2, 0) is 10.8 Å². The highest BCUT2D eigenvalue weighted by atomic mass is 15.1. The first-order valence-electron chi connectivity index (χ1n) is 21.8. The molecule has 0 amide bonds. The highest BCUT2D eigenvalue weighted by Crippen LogP contribution is 2.52. The molecule has 2 aliphatic rings. The molecule has 0 fully saturated rings. The van der Waals surface area contributed by atoms with Crippen LogP contribution >= 0.6 is 0 Å². The molecule has 0 atom stereocenters. The molecule has 0 N–H and O–H groups in total. The number of benzene rings is 9. The summed E-state index contributed by atoms with van der Waals surface area (Å²) in [7, 11) is 0. The van der Waals surface area contributed by atoms with Crippen LogP contribution in [0.15, 0.2) is 206 Å². The number of hydrogen-bond donors (Lipinski definition) is 0. The fraction of sp³-hybridized carbons (Fsp3) is 0.100. The van der Waals surface area contributed by atoms with Crippen molar-refractivity contribution in [3.63, 3.8) is 0 Å². The number of aromatic nitrogens is 1. The van der Waals surface area contributed by atoms with Crippen LogP contribution in [0.1, 0.15) is 49.9 Å². The summed E-state index contributed by atoms with van der Waals surface area (Å²) in [5.41, 5.74) is 22.4. The van der Waals surface area contributed by atoms with Gasteiger partial charge in [0, 0.05) is 44.4 Å². The Morgan fingerprint density at radius 3 is 1.29 bits per heavy atom. The van der Waals surface area contributed by atoms with Crippen LogP contribution in [0.2, 0.25) is 0 Å². The number of rotatable bonds is 6. The van der Waals surface area contributed by atoms with Gasteiger partial charge >= 0.3 is 0 Å². The SMILES string of the molecule is CC1(C)c2ccccc2-c2ccc(-c3cc(-c4ccc5c(c4)C(C)(C)c4ccccc4-5)cc(N(c4ccccc4)c4ccc(-n5c6ccccc6c6ccccc65)cc4)c3)cc21. The van der Waals surface area contributed by atoms with Crippen LogP contribution in [0.3, 0.4) is 0 Å². The van der Waals surface area contributed by atoms with E-state index in [1.165, 1.54) is 88.6 Å². The van der Waals surface area contributed by atoms with Gasteiger partial charge in [-0.1, -0.05) is 155 Å². The van der Waals surface area contributed by atoms with Crippen molar-refractivity contribution in [1.82, 2.24) is 4.57 Å². The average Bonchev–Trinajstić information content (AvgIpc) is 3.86. The van der Waals surface area contributed by atoms with Crippen LogP contribution in [-0.4, -0.2) is 4.57 Å². The molecule has 0 spiro atoms. The third kappa shape index (κ3) is 5.43. The summed E-state index contributed by atoms with van der Waals surface area (Å²) in [6, 6.07) is 76.6. The lowest BCUT2D eigenvalue weighted by molar-refractivity contribution is 0.660. The van der Waals surface area contributed by atoms with Gasteiger partial charge in [0.1, 0.15) is 0 Å². The van der Waals surface area contributed by atoms with Crippen molar-refractivity contribution < 1.29 is 0 Å². The Hall–Kier alpha value is -7.42. The van der Waals surface area contributed by atoms with Crippen molar-refractivity contribution in [2.75, 3.05) is 4.90 Å². The zero-order valence-electron chi connectivity index (χ0n) is 35.5. The first-order valence-corrected chi connectivity index (χ1v) is 21.8. The van der Waals surface area contributed by atoms with Gasteiger partial charge in [-0.15, -0.1) is 0 Å². The molecule has 0 radical (unpaired) electrons. The third-order valence-corrected chi connectivity index (χ3v) is 14.0. The summed E-state index contributed by atoms with van der Waals surface area (Å²) in [5.74, 6) is 0.